The third-order valence-corrected chi connectivity index (χ3v) is 8.51. The quantitative estimate of drug-likeness (QED) is 0.335. The summed E-state index contributed by atoms with van der Waals surface area (Å²) in [6, 6.07) is 13.7. The van der Waals surface area contributed by atoms with Crippen LogP contribution in [-0.4, -0.2) is 40.9 Å². The molecule has 3 heterocycles. The Kier molecular flexibility index (Phi) is 6.29. The van der Waals surface area contributed by atoms with Gasteiger partial charge in [-0.15, -0.1) is 0 Å². The minimum Gasteiger partial charge on any atom is -0.381 e. The topological polar surface area (TPSA) is 129 Å². The van der Waals surface area contributed by atoms with Gasteiger partial charge in [-0.1, -0.05) is 13.0 Å². The fourth-order valence-electron chi connectivity index (χ4n) is 4.67. The minimum absolute atomic E-state index is 0.0221. The van der Waals surface area contributed by atoms with E-state index in [0.717, 1.165) is 22.3 Å². The molecular formula is C27H25N5O3S. The molecule has 3 aromatic heterocycles. The molecule has 182 valence electrons. The maximum atomic E-state index is 12.9. The SMILES string of the molecule is CCC(=O)c1ccnc(-c2cnc3[nH]ccc3c2NC2CC(CS(=O)(=O)c3cccc(C#N)c3)C2)c1. The van der Waals surface area contributed by atoms with Crippen LogP contribution in [-0.2, 0) is 9.84 Å². The number of hydrogen-bond donors (Lipinski definition) is 2. The van der Waals surface area contributed by atoms with Crippen molar-refractivity contribution >= 4 is 32.3 Å². The number of carbonyl (C=O) groups excluding carboxylic acids is 1. The van der Waals surface area contributed by atoms with Crippen LogP contribution in [0.15, 0.2) is 66.0 Å². The average Bonchev–Trinajstić information content (AvgIpc) is 3.36. The van der Waals surface area contributed by atoms with Gasteiger partial charge >= 0.3 is 0 Å². The molecule has 1 fully saturated rings. The third-order valence-electron chi connectivity index (χ3n) is 6.63. The molecule has 2 N–H and O–H groups in total. The van der Waals surface area contributed by atoms with Crippen LogP contribution in [0.4, 0.5) is 5.69 Å². The molecule has 9 heteroatoms. The van der Waals surface area contributed by atoms with E-state index in [2.05, 4.69) is 20.3 Å². The highest BCUT2D eigenvalue weighted by atomic mass is 32.2. The number of pyridine rings is 2. The number of carbonyl (C=O) groups is 1. The van der Waals surface area contributed by atoms with E-state index in [1.165, 1.54) is 6.07 Å². The molecule has 1 aromatic carbocycles. The maximum absolute atomic E-state index is 12.9. The van der Waals surface area contributed by atoms with Gasteiger partial charge in [0.05, 0.1) is 33.7 Å². The van der Waals surface area contributed by atoms with Gasteiger partial charge in [0.2, 0.25) is 0 Å². The Bertz CT molecular complexity index is 1600. The molecule has 1 saturated carbocycles. The van der Waals surface area contributed by atoms with E-state index in [9.17, 15) is 13.2 Å². The Balaban J connectivity index is 1.35. The molecule has 1 aliphatic rings. The lowest BCUT2D eigenvalue weighted by molar-refractivity contribution is 0.0988. The van der Waals surface area contributed by atoms with Crippen molar-refractivity contribution in [2.24, 2.45) is 5.92 Å². The van der Waals surface area contributed by atoms with Gasteiger partial charge in [0.25, 0.3) is 0 Å². The molecule has 0 spiro atoms. The first-order valence-corrected chi connectivity index (χ1v) is 13.5. The van der Waals surface area contributed by atoms with E-state index in [0.29, 0.717) is 36.1 Å². The van der Waals surface area contributed by atoms with Crippen molar-refractivity contribution in [2.45, 2.75) is 37.1 Å². The fraction of sp³-hybridized carbons (Fsp3) is 0.259. The molecule has 0 aliphatic heterocycles. The molecule has 8 nitrogen and oxygen atoms in total. The van der Waals surface area contributed by atoms with Crippen LogP contribution in [0.3, 0.4) is 0 Å². The number of hydrogen-bond acceptors (Lipinski definition) is 7. The summed E-state index contributed by atoms with van der Waals surface area (Å²) in [5.41, 5.74) is 3.99. The summed E-state index contributed by atoms with van der Waals surface area (Å²) in [5, 5.41) is 13.6. The van der Waals surface area contributed by atoms with Crippen molar-refractivity contribution in [3.63, 3.8) is 0 Å². The predicted octanol–water partition coefficient (Wildman–Crippen LogP) is 4.75. The van der Waals surface area contributed by atoms with E-state index in [1.807, 2.05) is 25.3 Å². The number of nitrogens with one attached hydrogen (secondary N) is 2. The van der Waals surface area contributed by atoms with Crippen LogP contribution in [0.5, 0.6) is 0 Å². The third kappa shape index (κ3) is 4.60. The van der Waals surface area contributed by atoms with Crippen molar-refractivity contribution in [1.82, 2.24) is 15.0 Å². The second-order valence-electron chi connectivity index (χ2n) is 9.09. The highest BCUT2D eigenvalue weighted by Gasteiger charge is 2.34. The number of nitrogens with zero attached hydrogens (tertiary/aromatic N) is 3. The maximum Gasteiger partial charge on any atom is 0.178 e. The second kappa shape index (κ2) is 9.55. The van der Waals surface area contributed by atoms with Gasteiger partial charge in [-0.2, -0.15) is 5.26 Å². The number of sulfone groups is 1. The van der Waals surface area contributed by atoms with Crippen LogP contribution in [0.2, 0.25) is 0 Å². The molecule has 0 saturated heterocycles. The zero-order valence-corrected chi connectivity index (χ0v) is 20.5. The first-order chi connectivity index (χ1) is 17.4. The Morgan fingerprint density at radius 1 is 1.19 bits per heavy atom. The average molecular weight is 500 g/mol. The summed E-state index contributed by atoms with van der Waals surface area (Å²) in [5.74, 6) is 0.118. The molecule has 0 amide bonds. The first-order valence-electron chi connectivity index (χ1n) is 11.8. The molecule has 0 bridgehead atoms. The zero-order valence-electron chi connectivity index (χ0n) is 19.7. The number of benzene rings is 1. The smallest absolute Gasteiger partial charge is 0.178 e. The standard InChI is InChI=1S/C27H25N5O3S/c1-2-25(33)19-6-8-29-24(13-19)23-15-31-27-22(7-9-30-27)26(23)32-20-10-18(11-20)16-36(34,35)21-5-3-4-17(12-21)14-28/h3-9,12-13,15,18,20H,2,10-11,16H2,1H3,(H2,30,31,32). The lowest BCUT2D eigenvalue weighted by Gasteiger charge is -2.37. The molecule has 36 heavy (non-hydrogen) atoms. The molecule has 4 aromatic rings. The molecule has 0 unspecified atom stereocenters. The van der Waals surface area contributed by atoms with E-state index in [4.69, 9.17) is 5.26 Å². The first kappa shape index (κ1) is 23.7. The van der Waals surface area contributed by atoms with E-state index in [-0.39, 0.29) is 28.4 Å². The number of rotatable bonds is 8. The van der Waals surface area contributed by atoms with Crippen LogP contribution >= 0.6 is 0 Å². The van der Waals surface area contributed by atoms with E-state index < -0.39 is 9.84 Å². The normalized spacial score (nSPS) is 17.3. The van der Waals surface area contributed by atoms with Crippen LogP contribution in [0.25, 0.3) is 22.3 Å². The summed E-state index contributed by atoms with van der Waals surface area (Å²) in [6.45, 7) is 1.83. The number of ketones is 1. The van der Waals surface area contributed by atoms with Crippen LogP contribution in [0.1, 0.15) is 42.1 Å². The highest BCUT2D eigenvalue weighted by molar-refractivity contribution is 7.91. The molecule has 0 radical (unpaired) electrons. The summed E-state index contributed by atoms with van der Waals surface area (Å²) >= 11 is 0. The van der Waals surface area contributed by atoms with Gasteiger partial charge in [-0.25, -0.2) is 13.4 Å². The monoisotopic (exact) mass is 499 g/mol. The lowest BCUT2D eigenvalue weighted by atomic mass is 9.81. The molecule has 5 rings (SSSR count). The van der Waals surface area contributed by atoms with Gasteiger partial charge in [-0.05, 0) is 55.2 Å². The zero-order chi connectivity index (χ0) is 25.3. The largest absolute Gasteiger partial charge is 0.381 e. The summed E-state index contributed by atoms with van der Waals surface area (Å²) < 4.78 is 25.8. The van der Waals surface area contributed by atoms with Crippen molar-refractivity contribution < 1.29 is 13.2 Å². The number of anilines is 1. The van der Waals surface area contributed by atoms with Gasteiger partial charge in [-0.3, -0.25) is 9.78 Å². The Labute approximate surface area is 209 Å². The van der Waals surface area contributed by atoms with Crippen molar-refractivity contribution in [3.8, 4) is 17.3 Å². The second-order valence-corrected chi connectivity index (χ2v) is 11.1. The van der Waals surface area contributed by atoms with Gasteiger partial charge in [0, 0.05) is 47.6 Å². The van der Waals surface area contributed by atoms with Crippen LogP contribution in [0, 0.1) is 17.2 Å². The number of nitriles is 1. The van der Waals surface area contributed by atoms with Crippen molar-refractivity contribution in [3.05, 3.63) is 72.2 Å². The van der Waals surface area contributed by atoms with Gasteiger partial charge in [0.15, 0.2) is 15.6 Å². The summed E-state index contributed by atoms with van der Waals surface area (Å²) in [6.07, 6.45) is 7.01. The van der Waals surface area contributed by atoms with Crippen LogP contribution < -0.4 is 5.32 Å². The Hall–Kier alpha value is -4.03. The lowest BCUT2D eigenvalue weighted by Crippen LogP contribution is -2.39. The van der Waals surface area contributed by atoms with Crippen molar-refractivity contribution in [2.75, 3.05) is 11.1 Å². The summed E-state index contributed by atoms with van der Waals surface area (Å²) in [7, 11) is -3.48. The summed E-state index contributed by atoms with van der Waals surface area (Å²) in [4.78, 5) is 24.6. The molecule has 0 atom stereocenters. The molecule has 1 aliphatic carbocycles. The Morgan fingerprint density at radius 2 is 2.03 bits per heavy atom. The molecular weight excluding hydrogens is 474 g/mol. The minimum atomic E-state index is -3.48. The number of fused-ring (bicyclic) bond motifs is 1. The van der Waals surface area contributed by atoms with Crippen molar-refractivity contribution in [1.29, 1.82) is 5.26 Å². The van der Waals surface area contributed by atoms with E-state index in [1.54, 1.807) is 42.7 Å². The van der Waals surface area contributed by atoms with Gasteiger partial charge < -0.3 is 10.3 Å². The number of aromatic nitrogens is 3. The Morgan fingerprint density at radius 3 is 2.81 bits per heavy atom. The fourth-order valence-corrected chi connectivity index (χ4v) is 6.35. The van der Waals surface area contributed by atoms with E-state index >= 15 is 0 Å². The number of aromatic amines is 1. The number of Topliss-reactive ketones (excluding diaryl/α,β-unsaturated/α-hetero) is 1. The predicted molar refractivity (Wildman–Crippen MR) is 137 cm³/mol. The number of H-pyrrole nitrogens is 1. The highest BCUT2D eigenvalue weighted by Crippen LogP contribution is 2.38. The van der Waals surface area contributed by atoms with Gasteiger partial charge in [0.1, 0.15) is 5.65 Å².